The number of benzene rings is 1. The van der Waals surface area contributed by atoms with Crippen LogP contribution in [-0.2, 0) is 15.9 Å². The van der Waals surface area contributed by atoms with Crippen LogP contribution < -0.4 is 21.1 Å². The topological polar surface area (TPSA) is 116 Å². The van der Waals surface area contributed by atoms with Crippen LogP contribution in [0.25, 0.3) is 0 Å². The fourth-order valence-corrected chi connectivity index (χ4v) is 2.56. The fourth-order valence-electron chi connectivity index (χ4n) is 2.56. The zero-order valence-electron chi connectivity index (χ0n) is 18.2. The van der Waals surface area contributed by atoms with Crippen molar-refractivity contribution in [3.63, 3.8) is 0 Å². The number of rotatable bonds is 15. The van der Waals surface area contributed by atoms with Gasteiger partial charge < -0.3 is 30.6 Å². The number of nitrogens with one attached hydrogen (secondary N) is 2. The van der Waals surface area contributed by atoms with E-state index in [1.165, 1.54) is 5.56 Å². The highest BCUT2D eigenvalue weighted by Crippen LogP contribution is 2.14. The second-order valence-electron chi connectivity index (χ2n) is 6.96. The Bertz CT molecular complexity index is 727. The van der Waals surface area contributed by atoms with Gasteiger partial charge in [0, 0.05) is 25.6 Å². The zero-order chi connectivity index (χ0) is 21.6. The number of hydrogen-bond acceptors (Lipinski definition) is 9. The Morgan fingerprint density at radius 3 is 2.10 bits per heavy atom. The number of nitrogens with two attached hydrogens (primary N) is 1. The van der Waals surface area contributed by atoms with Crippen molar-refractivity contribution < 1.29 is 14.2 Å². The first-order chi connectivity index (χ1) is 14.6. The van der Waals surface area contributed by atoms with Crippen molar-refractivity contribution in [3.8, 4) is 5.75 Å². The Morgan fingerprint density at radius 2 is 1.50 bits per heavy atom. The molecule has 9 nitrogen and oxygen atoms in total. The molecule has 0 amide bonds. The summed E-state index contributed by atoms with van der Waals surface area (Å²) in [7, 11) is 1.67. The normalized spacial score (nSPS) is 11.0. The molecule has 0 aliphatic heterocycles. The van der Waals surface area contributed by atoms with Crippen LogP contribution in [0.15, 0.2) is 24.3 Å². The van der Waals surface area contributed by atoms with Crippen molar-refractivity contribution >= 4 is 11.9 Å². The maximum Gasteiger partial charge on any atom is 0.227 e. The van der Waals surface area contributed by atoms with Crippen molar-refractivity contribution in [1.29, 1.82) is 0 Å². The highest BCUT2D eigenvalue weighted by Gasteiger charge is 2.09. The van der Waals surface area contributed by atoms with Gasteiger partial charge >= 0.3 is 0 Å². The molecule has 2 rings (SSSR count). The number of anilines is 2. The highest BCUT2D eigenvalue weighted by atomic mass is 16.5. The molecule has 0 atom stereocenters. The van der Waals surface area contributed by atoms with Gasteiger partial charge in [0.1, 0.15) is 11.6 Å². The van der Waals surface area contributed by atoms with Gasteiger partial charge in [0.25, 0.3) is 0 Å². The summed E-state index contributed by atoms with van der Waals surface area (Å²) in [6, 6.07) is 8.04. The fraction of sp³-hybridized carbons (Fsp3) is 0.571. The first kappa shape index (κ1) is 23.8. The highest BCUT2D eigenvalue weighted by molar-refractivity contribution is 5.35. The van der Waals surface area contributed by atoms with Crippen LogP contribution in [-0.4, -0.2) is 68.1 Å². The van der Waals surface area contributed by atoms with Gasteiger partial charge in [-0.25, -0.2) is 0 Å². The molecule has 2 aromatic rings. The van der Waals surface area contributed by atoms with Crippen molar-refractivity contribution in [2.75, 3.05) is 63.8 Å². The minimum Gasteiger partial charge on any atom is -0.497 e. The third kappa shape index (κ3) is 8.89. The van der Waals surface area contributed by atoms with Gasteiger partial charge in [-0.3, -0.25) is 0 Å². The molecular weight excluding hydrogens is 384 g/mol. The average molecular weight is 419 g/mol. The van der Waals surface area contributed by atoms with Gasteiger partial charge in [0.2, 0.25) is 11.9 Å². The van der Waals surface area contributed by atoms with E-state index in [4.69, 9.17) is 19.9 Å². The van der Waals surface area contributed by atoms with Crippen LogP contribution in [0.3, 0.4) is 0 Å². The quantitative estimate of drug-likeness (QED) is 0.374. The Labute approximate surface area is 178 Å². The van der Waals surface area contributed by atoms with Crippen molar-refractivity contribution in [1.82, 2.24) is 15.0 Å². The molecule has 0 spiro atoms. The largest absolute Gasteiger partial charge is 0.497 e. The van der Waals surface area contributed by atoms with E-state index in [2.05, 4.69) is 51.6 Å². The summed E-state index contributed by atoms with van der Waals surface area (Å²) in [6.45, 7) is 8.14. The molecule has 0 aliphatic rings. The molecule has 4 N–H and O–H groups in total. The molecular formula is C21H34N6O3. The average Bonchev–Trinajstić information content (AvgIpc) is 2.76. The lowest BCUT2D eigenvalue weighted by atomic mass is 10.1. The second-order valence-corrected chi connectivity index (χ2v) is 6.96. The van der Waals surface area contributed by atoms with Crippen LogP contribution in [0.1, 0.15) is 31.2 Å². The predicted octanol–water partition coefficient (Wildman–Crippen LogP) is 2.06. The van der Waals surface area contributed by atoms with E-state index in [9.17, 15) is 0 Å². The van der Waals surface area contributed by atoms with Gasteiger partial charge in [0.05, 0.1) is 33.5 Å². The molecule has 1 aromatic heterocycles. The van der Waals surface area contributed by atoms with Crippen LogP contribution in [0, 0.1) is 0 Å². The van der Waals surface area contributed by atoms with Crippen molar-refractivity contribution in [3.05, 3.63) is 35.7 Å². The van der Waals surface area contributed by atoms with E-state index in [-0.39, 0.29) is 5.92 Å². The summed E-state index contributed by atoms with van der Waals surface area (Å²) in [4.78, 5) is 13.5. The lowest BCUT2D eigenvalue weighted by Gasteiger charge is -2.12. The minimum absolute atomic E-state index is 0.201. The van der Waals surface area contributed by atoms with E-state index < -0.39 is 0 Å². The van der Waals surface area contributed by atoms with Gasteiger partial charge in [-0.05, 0) is 24.1 Å². The molecule has 0 radical (unpaired) electrons. The Balaban J connectivity index is 1.80. The summed E-state index contributed by atoms with van der Waals surface area (Å²) in [5.41, 5.74) is 6.58. The summed E-state index contributed by atoms with van der Waals surface area (Å²) in [5, 5.41) is 6.50. The van der Waals surface area contributed by atoms with Crippen LogP contribution in [0.5, 0.6) is 5.75 Å². The Morgan fingerprint density at radius 1 is 0.867 bits per heavy atom. The third-order valence-corrected chi connectivity index (χ3v) is 4.19. The van der Waals surface area contributed by atoms with Crippen molar-refractivity contribution in [2.24, 2.45) is 5.73 Å². The molecule has 9 heteroatoms. The summed E-state index contributed by atoms with van der Waals surface area (Å²) < 4.78 is 16.0. The van der Waals surface area contributed by atoms with E-state index in [0.717, 1.165) is 24.5 Å². The molecule has 0 saturated heterocycles. The second kappa shape index (κ2) is 13.7. The number of nitrogens with zero attached hydrogens (tertiary/aromatic N) is 3. The lowest BCUT2D eigenvalue weighted by Crippen LogP contribution is -2.17. The molecule has 0 fully saturated rings. The minimum atomic E-state index is 0.201. The maximum absolute atomic E-state index is 5.52. The number of hydrogen-bond donors (Lipinski definition) is 3. The molecule has 0 bridgehead atoms. The molecule has 0 saturated carbocycles. The molecule has 0 unspecified atom stereocenters. The predicted molar refractivity (Wildman–Crippen MR) is 118 cm³/mol. The first-order valence-corrected chi connectivity index (χ1v) is 10.3. The molecule has 30 heavy (non-hydrogen) atoms. The summed E-state index contributed by atoms with van der Waals surface area (Å²) in [6.07, 6.45) is 0.857. The van der Waals surface area contributed by atoms with Crippen LogP contribution in [0.2, 0.25) is 0 Å². The van der Waals surface area contributed by atoms with E-state index in [0.29, 0.717) is 51.4 Å². The SMILES string of the molecule is COc1ccc(CCNc2nc(NCCOCCOCCN)nc(C(C)C)n2)cc1. The lowest BCUT2D eigenvalue weighted by molar-refractivity contribution is 0.0547. The monoisotopic (exact) mass is 418 g/mol. The van der Waals surface area contributed by atoms with Crippen molar-refractivity contribution in [2.45, 2.75) is 26.2 Å². The van der Waals surface area contributed by atoms with E-state index >= 15 is 0 Å². The van der Waals surface area contributed by atoms with E-state index in [1.54, 1.807) is 7.11 Å². The van der Waals surface area contributed by atoms with Gasteiger partial charge in [-0.1, -0.05) is 26.0 Å². The molecule has 1 aromatic carbocycles. The third-order valence-electron chi connectivity index (χ3n) is 4.19. The Hall–Kier alpha value is -2.49. The van der Waals surface area contributed by atoms with Gasteiger partial charge in [-0.2, -0.15) is 15.0 Å². The van der Waals surface area contributed by atoms with E-state index in [1.807, 2.05) is 12.1 Å². The van der Waals surface area contributed by atoms with Crippen LogP contribution >= 0.6 is 0 Å². The Kier molecular flexibility index (Phi) is 10.8. The smallest absolute Gasteiger partial charge is 0.227 e. The maximum atomic E-state index is 5.52. The van der Waals surface area contributed by atoms with Gasteiger partial charge in [-0.15, -0.1) is 0 Å². The standard InChI is InChI=1S/C21H34N6O3/c1-16(2)19-25-20(23-10-8-17-4-6-18(28-3)7-5-17)27-21(26-19)24-11-13-30-15-14-29-12-9-22/h4-7,16H,8-15,22H2,1-3H3,(H2,23,24,25,26,27). The first-order valence-electron chi connectivity index (χ1n) is 10.3. The summed E-state index contributed by atoms with van der Waals surface area (Å²) in [5.74, 6) is 2.92. The zero-order valence-corrected chi connectivity index (χ0v) is 18.2. The number of ether oxygens (including phenoxy) is 3. The molecule has 166 valence electrons. The summed E-state index contributed by atoms with van der Waals surface area (Å²) >= 11 is 0. The number of methoxy groups -OCH3 is 1. The molecule has 1 heterocycles. The van der Waals surface area contributed by atoms with Gasteiger partial charge in [0.15, 0.2) is 0 Å². The van der Waals surface area contributed by atoms with Crippen LogP contribution in [0.4, 0.5) is 11.9 Å². The molecule has 0 aliphatic carbocycles. The number of aromatic nitrogens is 3.